The summed E-state index contributed by atoms with van der Waals surface area (Å²) in [6.45, 7) is 4.87. The first-order valence-electron chi connectivity index (χ1n) is 7.25. The predicted octanol–water partition coefficient (Wildman–Crippen LogP) is 4.03. The summed E-state index contributed by atoms with van der Waals surface area (Å²) in [6, 6.07) is 12.5. The van der Waals surface area contributed by atoms with E-state index in [1.54, 1.807) is 0 Å². The van der Waals surface area contributed by atoms with Crippen LogP contribution < -0.4 is 4.74 Å². The number of ether oxygens (including phenoxy) is 1. The Bertz CT molecular complexity index is 508. The molecule has 2 nitrogen and oxygen atoms in total. The van der Waals surface area contributed by atoms with Crippen molar-refractivity contribution in [2.75, 3.05) is 6.61 Å². The number of aromatic nitrogens is 1. The van der Waals surface area contributed by atoms with Crippen molar-refractivity contribution in [1.29, 1.82) is 0 Å². The van der Waals surface area contributed by atoms with Crippen molar-refractivity contribution in [3.8, 4) is 5.75 Å². The maximum absolute atomic E-state index is 5.75. The molecule has 0 fully saturated rings. The van der Waals surface area contributed by atoms with Crippen molar-refractivity contribution in [3.05, 3.63) is 65.8 Å². The third-order valence-corrected chi connectivity index (χ3v) is 3.28. The second-order valence-corrected chi connectivity index (χ2v) is 4.87. The predicted molar refractivity (Wildman–Crippen MR) is 82.9 cm³/mol. The minimum Gasteiger partial charge on any atom is -0.493 e. The van der Waals surface area contributed by atoms with Gasteiger partial charge in [0, 0.05) is 51.0 Å². The smallest absolute Gasteiger partial charge is 0.119 e. The van der Waals surface area contributed by atoms with E-state index in [1.807, 2.05) is 18.3 Å². The molecule has 0 aliphatic carbocycles. The van der Waals surface area contributed by atoms with E-state index in [9.17, 15) is 0 Å². The van der Waals surface area contributed by atoms with Crippen molar-refractivity contribution in [3.63, 3.8) is 0 Å². The zero-order valence-electron chi connectivity index (χ0n) is 12.9. The van der Waals surface area contributed by atoms with Gasteiger partial charge in [-0.25, -0.2) is 0 Å². The third kappa shape index (κ3) is 6.27. The minimum absolute atomic E-state index is 0. The monoisotopic (exact) mass is 357 g/mol. The fraction of sp³-hybridized carbons (Fsp3) is 0.333. The number of rotatable bonds is 7. The van der Waals surface area contributed by atoms with Crippen LogP contribution in [0.1, 0.15) is 30.7 Å². The van der Waals surface area contributed by atoms with Crippen LogP contribution in [0.2, 0.25) is 0 Å². The van der Waals surface area contributed by atoms with E-state index >= 15 is 0 Å². The van der Waals surface area contributed by atoms with Crippen molar-refractivity contribution < 1.29 is 37.4 Å². The van der Waals surface area contributed by atoms with Gasteiger partial charge in [-0.3, -0.25) is 4.98 Å². The fourth-order valence-electron chi connectivity index (χ4n) is 2.04. The van der Waals surface area contributed by atoms with E-state index < -0.39 is 0 Å². The van der Waals surface area contributed by atoms with Gasteiger partial charge in [-0.05, 0) is 30.2 Å². The van der Waals surface area contributed by atoms with Crippen LogP contribution in [0.4, 0.5) is 0 Å². The van der Waals surface area contributed by atoms with Gasteiger partial charge in [0.2, 0.25) is 0 Å². The number of nitrogens with zero attached hydrogens (tertiary/aromatic N) is 1. The van der Waals surface area contributed by atoms with Crippen LogP contribution in [0, 0.1) is 6.42 Å². The molecule has 1 aromatic heterocycles. The molecule has 0 saturated carbocycles. The summed E-state index contributed by atoms with van der Waals surface area (Å²) in [6.07, 6.45) is 6.99. The second kappa shape index (κ2) is 10.1. The second-order valence-electron chi connectivity index (χ2n) is 4.87. The first-order valence-corrected chi connectivity index (χ1v) is 7.25. The van der Waals surface area contributed by atoms with Gasteiger partial charge in [0.1, 0.15) is 5.75 Å². The molecule has 0 amide bonds. The zero-order valence-corrected chi connectivity index (χ0v) is 15.7. The molecular formula is C18H22NOY-. The molecule has 0 atom stereocenters. The Morgan fingerprint density at radius 1 is 1.05 bits per heavy atom. The molecule has 3 heteroatoms. The molecular weight excluding hydrogens is 335 g/mol. The quantitative estimate of drug-likeness (QED) is 0.698. The number of aryl methyl sites for hydroxylation is 1. The Balaban J connectivity index is 0.00000220. The normalized spacial score (nSPS) is 10.0. The maximum atomic E-state index is 5.75. The Morgan fingerprint density at radius 3 is 2.33 bits per heavy atom. The molecule has 1 aromatic carbocycles. The van der Waals surface area contributed by atoms with Gasteiger partial charge in [-0.2, -0.15) is 13.3 Å². The van der Waals surface area contributed by atoms with Crippen LogP contribution in [0.3, 0.4) is 0 Å². The van der Waals surface area contributed by atoms with Gasteiger partial charge in [0.05, 0.1) is 6.61 Å². The van der Waals surface area contributed by atoms with Gasteiger partial charge in [-0.15, -0.1) is 0 Å². The summed E-state index contributed by atoms with van der Waals surface area (Å²) in [7, 11) is 0. The van der Waals surface area contributed by atoms with Crippen molar-refractivity contribution in [2.24, 2.45) is 0 Å². The van der Waals surface area contributed by atoms with Gasteiger partial charge >= 0.3 is 0 Å². The Hall–Kier alpha value is -0.726. The Kier molecular flexibility index (Phi) is 8.79. The summed E-state index contributed by atoms with van der Waals surface area (Å²) in [4.78, 5) is 4.44. The maximum Gasteiger partial charge on any atom is 0.119 e. The van der Waals surface area contributed by atoms with Crippen LogP contribution >= 0.6 is 0 Å². The zero-order chi connectivity index (χ0) is 14.2. The molecule has 2 aromatic rings. The molecule has 109 valence electrons. The molecule has 0 bridgehead atoms. The van der Waals surface area contributed by atoms with E-state index in [1.165, 1.54) is 11.1 Å². The SMILES string of the molecule is C[CH-]Cc1ccc(OCCc2ccc(CC)cn2)cc1.[Y]. The van der Waals surface area contributed by atoms with Crippen molar-refractivity contribution in [1.82, 2.24) is 4.98 Å². The van der Waals surface area contributed by atoms with Crippen LogP contribution in [0.15, 0.2) is 42.6 Å². The van der Waals surface area contributed by atoms with E-state index in [4.69, 9.17) is 4.74 Å². The number of pyridine rings is 1. The molecule has 21 heavy (non-hydrogen) atoms. The summed E-state index contributed by atoms with van der Waals surface area (Å²) < 4.78 is 5.75. The average Bonchev–Trinajstić information content (AvgIpc) is 2.50. The van der Waals surface area contributed by atoms with Gasteiger partial charge in [0.15, 0.2) is 0 Å². The summed E-state index contributed by atoms with van der Waals surface area (Å²) in [5.74, 6) is 0.926. The standard InChI is InChI=1S/C18H22NO.Y/c1-3-5-16-7-10-18(11-8-16)20-13-12-17-9-6-15(4-2)14-19-17;/h3,6-11,14H,4-5,12-13H2,1-2H3;/q-1;. The van der Waals surface area contributed by atoms with Gasteiger partial charge in [-0.1, -0.05) is 30.7 Å². The summed E-state index contributed by atoms with van der Waals surface area (Å²) >= 11 is 0. The van der Waals surface area contributed by atoms with Crippen LogP contribution in [0.25, 0.3) is 0 Å². The summed E-state index contributed by atoms with van der Waals surface area (Å²) in [5, 5.41) is 0. The topological polar surface area (TPSA) is 22.1 Å². The van der Waals surface area contributed by atoms with Crippen LogP contribution in [-0.4, -0.2) is 11.6 Å². The van der Waals surface area contributed by atoms with Crippen molar-refractivity contribution in [2.45, 2.75) is 33.1 Å². The van der Waals surface area contributed by atoms with Gasteiger partial charge in [0.25, 0.3) is 0 Å². The molecule has 0 aliphatic rings. The first-order chi connectivity index (χ1) is 9.81. The molecule has 0 N–H and O–H groups in total. The van der Waals surface area contributed by atoms with E-state index in [2.05, 4.69) is 49.5 Å². The minimum atomic E-state index is 0. The van der Waals surface area contributed by atoms with Crippen molar-refractivity contribution >= 4 is 0 Å². The average molecular weight is 357 g/mol. The molecule has 0 saturated heterocycles. The van der Waals surface area contributed by atoms with E-state index in [-0.39, 0.29) is 32.7 Å². The Labute approximate surface area is 153 Å². The first kappa shape index (κ1) is 18.3. The van der Waals surface area contributed by atoms with Crippen LogP contribution in [-0.2, 0) is 52.0 Å². The molecule has 2 rings (SSSR count). The molecule has 1 heterocycles. The largest absolute Gasteiger partial charge is 0.493 e. The molecule has 0 spiro atoms. The van der Waals surface area contributed by atoms with E-state index in [0.717, 1.165) is 30.7 Å². The Morgan fingerprint density at radius 2 is 1.76 bits per heavy atom. The molecule has 0 aliphatic heterocycles. The number of benzene rings is 1. The molecule has 0 unspecified atom stereocenters. The fourth-order valence-corrected chi connectivity index (χ4v) is 2.04. The third-order valence-electron chi connectivity index (χ3n) is 3.28. The summed E-state index contributed by atoms with van der Waals surface area (Å²) in [5.41, 5.74) is 3.68. The van der Waals surface area contributed by atoms with Gasteiger partial charge < -0.3 is 11.2 Å². The molecule has 1 radical (unpaired) electrons. The number of hydrogen-bond donors (Lipinski definition) is 0. The van der Waals surface area contributed by atoms with E-state index in [0.29, 0.717) is 6.61 Å². The number of hydrogen-bond acceptors (Lipinski definition) is 2. The van der Waals surface area contributed by atoms with Crippen LogP contribution in [0.5, 0.6) is 5.75 Å².